The van der Waals surface area contributed by atoms with Gasteiger partial charge in [0.1, 0.15) is 12.3 Å². The van der Waals surface area contributed by atoms with Crippen LogP contribution >= 0.6 is 55.1 Å². The van der Waals surface area contributed by atoms with Crippen LogP contribution in [0.3, 0.4) is 0 Å². The predicted octanol–water partition coefficient (Wildman–Crippen LogP) is 6.14. The molecule has 2 saturated carbocycles. The van der Waals surface area contributed by atoms with Gasteiger partial charge in [0.15, 0.2) is 5.78 Å². The molecule has 15 heteroatoms. The number of rotatable bonds is 8. The summed E-state index contributed by atoms with van der Waals surface area (Å²) in [6.07, 6.45) is 0.688. The normalized spacial score (nSPS) is 24.6. The van der Waals surface area contributed by atoms with Crippen LogP contribution in [-0.2, 0) is 9.59 Å². The summed E-state index contributed by atoms with van der Waals surface area (Å²) in [6.45, 7) is -0.650. The molecule has 3 aromatic rings. The highest BCUT2D eigenvalue weighted by atomic mass is 79.9. The van der Waals surface area contributed by atoms with E-state index in [9.17, 15) is 34.1 Å². The number of nitrogens with zero attached hydrogens (tertiary/aromatic N) is 3. The molecule has 1 heterocycles. The van der Waals surface area contributed by atoms with Gasteiger partial charge in [-0.1, -0.05) is 55.1 Å². The Morgan fingerprint density at radius 3 is 1.93 bits per heavy atom. The number of hydrazine groups is 1. The number of ether oxygens (including phenoxy) is 1. The summed E-state index contributed by atoms with van der Waals surface area (Å²) >= 11 is 19.5. The van der Waals surface area contributed by atoms with Crippen LogP contribution in [0.4, 0.5) is 5.69 Å². The molecule has 0 radical (unpaired) electrons. The van der Waals surface area contributed by atoms with Crippen molar-refractivity contribution in [3.8, 4) is 5.75 Å². The second-order valence-electron chi connectivity index (χ2n) is 11.1. The number of esters is 1. The Labute approximate surface area is 288 Å². The van der Waals surface area contributed by atoms with Gasteiger partial charge in [-0.25, -0.2) is 9.80 Å². The van der Waals surface area contributed by atoms with Crippen molar-refractivity contribution in [3.05, 3.63) is 104 Å². The summed E-state index contributed by atoms with van der Waals surface area (Å²) in [7, 11) is 0. The van der Waals surface area contributed by atoms with Gasteiger partial charge in [0, 0.05) is 32.9 Å². The van der Waals surface area contributed by atoms with Crippen LogP contribution in [0, 0.1) is 33.8 Å². The molecule has 1 saturated heterocycles. The van der Waals surface area contributed by atoms with E-state index in [1.807, 2.05) is 0 Å². The molecule has 46 heavy (non-hydrogen) atoms. The first-order valence-electron chi connectivity index (χ1n) is 13.9. The Bertz CT molecular complexity index is 1770. The van der Waals surface area contributed by atoms with Crippen molar-refractivity contribution < 1.29 is 33.6 Å². The average molecular weight is 794 g/mol. The van der Waals surface area contributed by atoms with Gasteiger partial charge in [0.2, 0.25) is 0 Å². The maximum atomic E-state index is 13.9. The molecule has 0 N–H and O–H groups in total. The van der Waals surface area contributed by atoms with Gasteiger partial charge in [-0.15, -0.1) is 0 Å². The third kappa shape index (κ3) is 5.63. The maximum Gasteiger partial charge on any atom is 0.343 e. The summed E-state index contributed by atoms with van der Waals surface area (Å²) in [4.78, 5) is 77.7. The molecule has 3 amide bonds. The van der Waals surface area contributed by atoms with Crippen LogP contribution in [-0.4, -0.2) is 60.6 Å². The Kier molecular flexibility index (Phi) is 8.79. The molecule has 3 aromatic carbocycles. The minimum atomic E-state index is -0.791. The third-order valence-corrected chi connectivity index (χ3v) is 12.5. The number of halogens is 4. The third-order valence-electron chi connectivity index (χ3n) is 8.60. The first-order valence-corrected chi connectivity index (χ1v) is 16.5. The highest BCUT2D eigenvalue weighted by Crippen LogP contribution is 2.60. The molecule has 236 valence electrons. The Balaban J connectivity index is 1.24. The predicted molar refractivity (Wildman–Crippen MR) is 172 cm³/mol. The van der Waals surface area contributed by atoms with E-state index in [1.165, 1.54) is 66.7 Å². The number of nitro groups is 1. The summed E-state index contributed by atoms with van der Waals surface area (Å²) in [5.74, 6) is -4.62. The number of ketones is 1. The fourth-order valence-electron chi connectivity index (χ4n) is 6.40. The molecule has 0 spiro atoms. The first kappa shape index (κ1) is 32.3. The van der Waals surface area contributed by atoms with Crippen molar-refractivity contribution >= 4 is 90.2 Å². The van der Waals surface area contributed by atoms with E-state index in [-0.39, 0.29) is 59.7 Å². The van der Waals surface area contributed by atoms with E-state index < -0.39 is 52.8 Å². The lowest BCUT2D eigenvalue weighted by atomic mass is 9.81. The van der Waals surface area contributed by atoms with Crippen LogP contribution in [0.1, 0.15) is 37.5 Å². The van der Waals surface area contributed by atoms with Crippen LogP contribution in [0.2, 0.25) is 10.0 Å². The molecule has 11 nitrogen and oxygen atoms in total. The number of alkyl halides is 2. The molecule has 3 fully saturated rings. The van der Waals surface area contributed by atoms with Gasteiger partial charge in [-0.3, -0.25) is 29.3 Å². The van der Waals surface area contributed by atoms with Crippen molar-refractivity contribution in [2.75, 3.05) is 6.54 Å². The van der Waals surface area contributed by atoms with Crippen molar-refractivity contribution in [2.24, 2.45) is 23.7 Å². The summed E-state index contributed by atoms with van der Waals surface area (Å²) in [6, 6.07) is 14.4. The smallest absolute Gasteiger partial charge is 0.343 e. The largest absolute Gasteiger partial charge is 0.423 e. The van der Waals surface area contributed by atoms with E-state index >= 15 is 0 Å². The van der Waals surface area contributed by atoms with Crippen LogP contribution in [0.15, 0.2) is 66.7 Å². The van der Waals surface area contributed by atoms with Crippen molar-refractivity contribution in [1.29, 1.82) is 0 Å². The van der Waals surface area contributed by atoms with Gasteiger partial charge in [0.05, 0.1) is 32.4 Å². The first-order chi connectivity index (χ1) is 21.9. The highest BCUT2D eigenvalue weighted by molar-refractivity contribution is 9.12. The zero-order valence-electron chi connectivity index (χ0n) is 23.3. The number of nitro benzene ring substituents is 1. The van der Waals surface area contributed by atoms with Crippen LogP contribution in [0.25, 0.3) is 0 Å². The lowest BCUT2D eigenvalue weighted by Gasteiger charge is -2.31. The number of carbonyl (C=O) groups is 5. The molecular formula is C31H21Br2Cl2N3O8. The van der Waals surface area contributed by atoms with E-state index in [0.717, 1.165) is 10.0 Å². The van der Waals surface area contributed by atoms with Gasteiger partial charge >= 0.3 is 5.97 Å². The number of non-ortho nitro benzene ring substituents is 1. The van der Waals surface area contributed by atoms with Crippen LogP contribution < -0.4 is 4.74 Å². The molecule has 0 unspecified atom stereocenters. The minimum Gasteiger partial charge on any atom is -0.423 e. The Morgan fingerprint density at radius 2 is 1.39 bits per heavy atom. The highest BCUT2D eigenvalue weighted by Gasteiger charge is 2.67. The Morgan fingerprint density at radius 1 is 0.848 bits per heavy atom. The molecule has 2 aliphatic carbocycles. The van der Waals surface area contributed by atoms with E-state index in [4.69, 9.17) is 27.9 Å². The quantitative estimate of drug-likeness (QED) is 0.0504. The summed E-state index contributed by atoms with van der Waals surface area (Å²) in [5, 5.41) is 12.8. The number of fused-ring (bicyclic) bond motifs is 5. The van der Waals surface area contributed by atoms with Crippen molar-refractivity contribution in [2.45, 2.75) is 16.1 Å². The van der Waals surface area contributed by atoms with Crippen molar-refractivity contribution in [3.63, 3.8) is 0 Å². The molecular weight excluding hydrogens is 773 g/mol. The fraction of sp³-hybridized carbons (Fsp3) is 0.258. The molecule has 1 aliphatic heterocycles. The minimum absolute atomic E-state index is 0.0214. The molecule has 2 bridgehead atoms. The fourth-order valence-corrected chi connectivity index (χ4v) is 8.58. The number of carbonyl (C=O) groups excluding carboxylic acids is 5. The van der Waals surface area contributed by atoms with Gasteiger partial charge in [-0.2, -0.15) is 5.01 Å². The molecule has 6 atom stereocenters. The Hall–Kier alpha value is -3.65. The lowest BCUT2D eigenvalue weighted by Crippen LogP contribution is -2.52. The van der Waals surface area contributed by atoms with Gasteiger partial charge in [0.25, 0.3) is 23.4 Å². The molecule has 0 aromatic heterocycles. The topological polar surface area (TPSA) is 144 Å². The second kappa shape index (κ2) is 12.5. The molecule has 3 aliphatic rings. The number of hydrogen-bond acceptors (Lipinski definition) is 8. The zero-order valence-corrected chi connectivity index (χ0v) is 28.0. The van der Waals surface area contributed by atoms with Crippen LogP contribution in [0.5, 0.6) is 5.75 Å². The van der Waals surface area contributed by atoms with E-state index in [2.05, 4.69) is 31.9 Å². The number of imide groups is 1. The standard InChI is InChI=1S/C31H21Br2Cl2N3O8/c32-26-19-12-20(27(26)33)25-24(19)29(41)37(30(25)42)36(28(40)16-5-10-21(34)22(35)11-16)13-23(39)14-3-8-18(9-4-14)46-31(43)15-1-6-17(7-2-15)38(44)45/h1-11,19-20,24-27H,12-13H2/t19-,20-,24-,25+,26-,27+/m1/s1. The number of Topliss-reactive ketones (excluding diaryl/α,β-unsaturated/α-hetero) is 1. The monoisotopic (exact) mass is 791 g/mol. The zero-order chi connectivity index (χ0) is 33.0. The van der Waals surface area contributed by atoms with Gasteiger partial charge < -0.3 is 4.74 Å². The van der Waals surface area contributed by atoms with Crippen molar-refractivity contribution in [1.82, 2.24) is 10.0 Å². The second-order valence-corrected chi connectivity index (χ2v) is 14.1. The number of amides is 3. The summed E-state index contributed by atoms with van der Waals surface area (Å²) < 4.78 is 5.32. The van der Waals surface area contributed by atoms with Gasteiger partial charge in [-0.05, 0) is 72.9 Å². The SMILES string of the molecule is O=C(CN(C(=O)c1ccc(Cl)c(Cl)c1)N1C(=O)[C@@H]2[C@H]3C[C@@H]([C@H](Br)[C@@H]3Br)[C@@H]2C1=O)c1ccc(OC(=O)c2ccc([N+](=O)[O-])cc2)cc1. The average Bonchev–Trinajstić information content (AvgIpc) is 3.65. The lowest BCUT2D eigenvalue weighted by molar-refractivity contribution is -0.384. The molecule has 6 rings (SSSR count). The van der Waals surface area contributed by atoms with E-state index in [1.54, 1.807) is 0 Å². The number of benzene rings is 3. The number of hydrogen-bond donors (Lipinski definition) is 0. The van der Waals surface area contributed by atoms with E-state index in [0.29, 0.717) is 6.42 Å². The summed E-state index contributed by atoms with van der Waals surface area (Å²) in [5.41, 5.74) is 0.0343. The maximum absolute atomic E-state index is 13.9.